The van der Waals surface area contributed by atoms with E-state index >= 15 is 0 Å². The average Bonchev–Trinajstić information content (AvgIpc) is 2.61. The van der Waals surface area contributed by atoms with Crippen LogP contribution < -0.4 is 5.32 Å². The summed E-state index contributed by atoms with van der Waals surface area (Å²) in [6.45, 7) is 6.25. The summed E-state index contributed by atoms with van der Waals surface area (Å²) in [7, 11) is 0. The van der Waals surface area contributed by atoms with Crippen molar-refractivity contribution in [3.05, 3.63) is 0 Å². The van der Waals surface area contributed by atoms with Crippen LogP contribution in [0.3, 0.4) is 0 Å². The SMILES string of the molecule is C[C@H]1CCCCN1C[C@@H]1CCCN1. The van der Waals surface area contributed by atoms with E-state index in [1.807, 2.05) is 0 Å². The van der Waals surface area contributed by atoms with E-state index in [4.69, 9.17) is 0 Å². The molecule has 0 amide bonds. The van der Waals surface area contributed by atoms with Crippen molar-refractivity contribution >= 4 is 0 Å². The normalized spacial score (nSPS) is 36.7. The molecule has 2 heteroatoms. The van der Waals surface area contributed by atoms with Gasteiger partial charge in [-0.1, -0.05) is 6.42 Å². The van der Waals surface area contributed by atoms with Crippen molar-refractivity contribution in [2.45, 2.75) is 51.1 Å². The molecule has 2 nitrogen and oxygen atoms in total. The Balaban J connectivity index is 1.78. The van der Waals surface area contributed by atoms with E-state index in [0.29, 0.717) is 0 Å². The second-order valence-electron chi connectivity index (χ2n) is 4.63. The molecule has 13 heavy (non-hydrogen) atoms. The van der Waals surface area contributed by atoms with E-state index in [2.05, 4.69) is 17.1 Å². The molecule has 0 unspecified atom stereocenters. The Morgan fingerprint density at radius 3 is 2.85 bits per heavy atom. The monoisotopic (exact) mass is 182 g/mol. The van der Waals surface area contributed by atoms with Crippen LogP contribution in [0.1, 0.15) is 39.0 Å². The highest BCUT2D eigenvalue weighted by molar-refractivity contribution is 4.81. The molecular formula is C11H22N2. The average molecular weight is 182 g/mol. The van der Waals surface area contributed by atoms with Gasteiger partial charge in [-0.25, -0.2) is 0 Å². The molecule has 2 saturated heterocycles. The summed E-state index contributed by atoms with van der Waals surface area (Å²) in [5.41, 5.74) is 0. The summed E-state index contributed by atoms with van der Waals surface area (Å²) in [4.78, 5) is 2.67. The lowest BCUT2D eigenvalue weighted by atomic mass is 10.0. The number of nitrogens with one attached hydrogen (secondary N) is 1. The van der Waals surface area contributed by atoms with Gasteiger partial charge in [0.05, 0.1) is 0 Å². The predicted molar refractivity (Wildman–Crippen MR) is 55.9 cm³/mol. The van der Waals surface area contributed by atoms with Crippen molar-refractivity contribution in [3.63, 3.8) is 0 Å². The Labute approximate surface area is 81.7 Å². The number of likely N-dealkylation sites (tertiary alicyclic amines) is 1. The Morgan fingerprint density at radius 1 is 1.23 bits per heavy atom. The zero-order valence-electron chi connectivity index (χ0n) is 8.76. The second kappa shape index (κ2) is 4.43. The van der Waals surface area contributed by atoms with Crippen LogP contribution in [0.2, 0.25) is 0 Å². The van der Waals surface area contributed by atoms with Crippen LogP contribution >= 0.6 is 0 Å². The number of hydrogen-bond acceptors (Lipinski definition) is 2. The number of rotatable bonds is 2. The van der Waals surface area contributed by atoms with Gasteiger partial charge in [0.25, 0.3) is 0 Å². The molecule has 2 fully saturated rings. The standard InChI is InChI=1S/C11H22N2/c1-10-5-2-3-8-13(10)9-11-6-4-7-12-11/h10-12H,2-9H2,1H3/t10-,11-/m0/s1. The summed E-state index contributed by atoms with van der Waals surface area (Å²) < 4.78 is 0. The molecular weight excluding hydrogens is 160 g/mol. The minimum atomic E-state index is 0.792. The topological polar surface area (TPSA) is 15.3 Å². The van der Waals surface area contributed by atoms with Gasteiger partial charge in [0, 0.05) is 18.6 Å². The predicted octanol–water partition coefficient (Wildman–Crippen LogP) is 1.61. The Hall–Kier alpha value is -0.0800. The highest BCUT2D eigenvalue weighted by Gasteiger charge is 2.22. The zero-order chi connectivity index (χ0) is 9.10. The molecule has 0 spiro atoms. The van der Waals surface area contributed by atoms with Crippen molar-refractivity contribution < 1.29 is 0 Å². The highest BCUT2D eigenvalue weighted by atomic mass is 15.2. The molecule has 2 atom stereocenters. The van der Waals surface area contributed by atoms with Gasteiger partial charge in [-0.05, 0) is 45.7 Å². The van der Waals surface area contributed by atoms with Crippen molar-refractivity contribution in [2.75, 3.05) is 19.6 Å². The van der Waals surface area contributed by atoms with Gasteiger partial charge in [0.15, 0.2) is 0 Å². The van der Waals surface area contributed by atoms with Gasteiger partial charge in [-0.2, -0.15) is 0 Å². The Morgan fingerprint density at radius 2 is 2.15 bits per heavy atom. The van der Waals surface area contributed by atoms with Gasteiger partial charge in [-0.15, -0.1) is 0 Å². The first kappa shape index (κ1) is 9.47. The lowest BCUT2D eigenvalue weighted by Gasteiger charge is -2.35. The van der Waals surface area contributed by atoms with Crippen LogP contribution in [-0.2, 0) is 0 Å². The van der Waals surface area contributed by atoms with Crippen LogP contribution in [0.15, 0.2) is 0 Å². The van der Waals surface area contributed by atoms with E-state index in [1.54, 1.807) is 0 Å². The molecule has 1 N–H and O–H groups in total. The van der Waals surface area contributed by atoms with Gasteiger partial charge in [-0.3, -0.25) is 4.90 Å². The van der Waals surface area contributed by atoms with Crippen LogP contribution in [0.25, 0.3) is 0 Å². The maximum absolute atomic E-state index is 3.58. The van der Waals surface area contributed by atoms with E-state index in [0.717, 1.165) is 12.1 Å². The van der Waals surface area contributed by atoms with E-state index in [-0.39, 0.29) is 0 Å². The van der Waals surface area contributed by atoms with Crippen LogP contribution in [0, 0.1) is 0 Å². The fourth-order valence-electron chi connectivity index (χ4n) is 2.62. The van der Waals surface area contributed by atoms with Gasteiger partial charge < -0.3 is 5.32 Å². The summed E-state index contributed by atoms with van der Waals surface area (Å²) >= 11 is 0. The van der Waals surface area contributed by atoms with E-state index in [1.165, 1.54) is 51.7 Å². The molecule has 0 radical (unpaired) electrons. The van der Waals surface area contributed by atoms with E-state index < -0.39 is 0 Å². The molecule has 0 aromatic heterocycles. The van der Waals surface area contributed by atoms with Crippen LogP contribution in [0.4, 0.5) is 0 Å². The first-order chi connectivity index (χ1) is 6.36. The van der Waals surface area contributed by atoms with Gasteiger partial charge in [0.2, 0.25) is 0 Å². The summed E-state index contributed by atoms with van der Waals surface area (Å²) in [6, 6.07) is 1.62. The van der Waals surface area contributed by atoms with Crippen LogP contribution in [0.5, 0.6) is 0 Å². The fraction of sp³-hybridized carbons (Fsp3) is 1.00. The molecule has 0 aliphatic carbocycles. The number of hydrogen-bond donors (Lipinski definition) is 1. The third-order valence-electron chi connectivity index (χ3n) is 3.56. The first-order valence-corrected chi connectivity index (χ1v) is 5.83. The Bertz CT molecular complexity index is 152. The molecule has 0 saturated carbocycles. The van der Waals surface area contributed by atoms with Crippen molar-refractivity contribution in [2.24, 2.45) is 0 Å². The molecule has 2 aliphatic heterocycles. The summed E-state index contributed by atoms with van der Waals surface area (Å²) in [5, 5.41) is 3.58. The summed E-state index contributed by atoms with van der Waals surface area (Å²) in [5.74, 6) is 0. The third-order valence-corrected chi connectivity index (χ3v) is 3.56. The molecule has 2 heterocycles. The molecule has 0 aromatic rings. The van der Waals surface area contributed by atoms with E-state index in [9.17, 15) is 0 Å². The number of nitrogens with zero attached hydrogens (tertiary/aromatic N) is 1. The highest BCUT2D eigenvalue weighted by Crippen LogP contribution is 2.18. The lowest BCUT2D eigenvalue weighted by molar-refractivity contribution is 0.148. The van der Waals surface area contributed by atoms with Crippen molar-refractivity contribution in [1.82, 2.24) is 10.2 Å². The van der Waals surface area contributed by atoms with Gasteiger partial charge in [0.1, 0.15) is 0 Å². The van der Waals surface area contributed by atoms with Crippen molar-refractivity contribution in [3.8, 4) is 0 Å². The number of piperidine rings is 1. The Kier molecular flexibility index (Phi) is 3.23. The first-order valence-electron chi connectivity index (χ1n) is 5.83. The smallest absolute Gasteiger partial charge is 0.0195 e. The molecule has 76 valence electrons. The van der Waals surface area contributed by atoms with Gasteiger partial charge >= 0.3 is 0 Å². The third kappa shape index (κ3) is 2.44. The quantitative estimate of drug-likeness (QED) is 0.698. The zero-order valence-corrected chi connectivity index (χ0v) is 8.76. The molecule has 0 bridgehead atoms. The lowest BCUT2D eigenvalue weighted by Crippen LogP contribution is -2.44. The maximum atomic E-state index is 3.58. The maximum Gasteiger partial charge on any atom is 0.0195 e. The second-order valence-corrected chi connectivity index (χ2v) is 4.63. The molecule has 2 rings (SSSR count). The largest absolute Gasteiger partial charge is 0.313 e. The summed E-state index contributed by atoms with van der Waals surface area (Å²) in [6.07, 6.45) is 7.04. The minimum absolute atomic E-state index is 0.792. The fourth-order valence-corrected chi connectivity index (χ4v) is 2.62. The molecule has 0 aromatic carbocycles. The van der Waals surface area contributed by atoms with Crippen molar-refractivity contribution in [1.29, 1.82) is 0 Å². The minimum Gasteiger partial charge on any atom is -0.313 e. The van der Waals surface area contributed by atoms with Crippen LogP contribution in [-0.4, -0.2) is 36.6 Å². The molecule has 2 aliphatic rings.